The van der Waals surface area contributed by atoms with E-state index in [0.29, 0.717) is 5.56 Å². The molecule has 1 unspecified atom stereocenters. The van der Waals surface area contributed by atoms with E-state index in [9.17, 15) is 4.79 Å². The predicted molar refractivity (Wildman–Crippen MR) is 90.7 cm³/mol. The van der Waals surface area contributed by atoms with Gasteiger partial charge in [-0.3, -0.25) is 4.79 Å². The fourth-order valence-corrected chi connectivity index (χ4v) is 2.88. The lowest BCUT2D eigenvalue weighted by atomic mass is 9.99. The lowest BCUT2D eigenvalue weighted by Crippen LogP contribution is -2.27. The van der Waals surface area contributed by atoms with Crippen LogP contribution in [0.4, 0.5) is 0 Å². The maximum atomic E-state index is 12.4. The third-order valence-corrected chi connectivity index (χ3v) is 4.61. The van der Waals surface area contributed by atoms with Crippen LogP contribution >= 0.6 is 15.9 Å². The number of amides is 1. The second kappa shape index (κ2) is 6.44. The molecular weight excluding hydrogens is 326 g/mol. The van der Waals surface area contributed by atoms with E-state index in [0.717, 1.165) is 15.6 Å². The summed E-state index contributed by atoms with van der Waals surface area (Å²) < 4.78 is 0.953. The van der Waals surface area contributed by atoms with Gasteiger partial charge in [0, 0.05) is 10.0 Å². The van der Waals surface area contributed by atoms with Gasteiger partial charge in [-0.25, -0.2) is 0 Å². The lowest BCUT2D eigenvalue weighted by molar-refractivity contribution is 0.0939. The third-order valence-electron chi connectivity index (χ3n) is 3.75. The van der Waals surface area contributed by atoms with E-state index in [4.69, 9.17) is 0 Å². The van der Waals surface area contributed by atoms with Crippen molar-refractivity contribution in [2.75, 3.05) is 0 Å². The van der Waals surface area contributed by atoms with E-state index in [1.165, 1.54) is 11.1 Å². The number of carbonyl (C=O) groups excluding carboxylic acids is 1. The van der Waals surface area contributed by atoms with Crippen LogP contribution in [0.25, 0.3) is 0 Å². The molecule has 2 nitrogen and oxygen atoms in total. The molecule has 1 amide bonds. The van der Waals surface area contributed by atoms with Gasteiger partial charge in [-0.1, -0.05) is 45.8 Å². The molecule has 0 saturated heterocycles. The molecule has 110 valence electrons. The summed E-state index contributed by atoms with van der Waals surface area (Å²) in [7, 11) is 0. The zero-order chi connectivity index (χ0) is 15.6. The standard InChI is InChI=1S/C18H20BrNO/c1-11-8-9-15(12(2)10-11)14(4)20-18(21)16-6-5-7-17(19)13(16)3/h5-10,14H,1-4H3,(H,20,21). The Morgan fingerprint density at radius 2 is 1.86 bits per heavy atom. The molecule has 0 heterocycles. The van der Waals surface area contributed by atoms with Gasteiger partial charge in [0.2, 0.25) is 0 Å². The molecule has 3 heteroatoms. The number of hydrogen-bond donors (Lipinski definition) is 1. The Bertz CT molecular complexity index is 679. The second-order valence-electron chi connectivity index (χ2n) is 5.47. The number of aryl methyl sites for hydroxylation is 2. The minimum absolute atomic E-state index is 0.0171. The molecule has 2 aromatic rings. The maximum Gasteiger partial charge on any atom is 0.252 e. The van der Waals surface area contributed by atoms with Gasteiger partial charge in [0.1, 0.15) is 0 Å². The van der Waals surface area contributed by atoms with Crippen LogP contribution in [0.3, 0.4) is 0 Å². The molecule has 0 aliphatic rings. The minimum atomic E-state index is -0.0405. The first kappa shape index (κ1) is 15.8. The number of rotatable bonds is 3. The first-order valence-electron chi connectivity index (χ1n) is 7.03. The highest BCUT2D eigenvalue weighted by molar-refractivity contribution is 9.10. The lowest BCUT2D eigenvalue weighted by Gasteiger charge is -2.18. The smallest absolute Gasteiger partial charge is 0.252 e. The number of halogens is 1. The molecular formula is C18H20BrNO. The number of nitrogens with one attached hydrogen (secondary N) is 1. The van der Waals surface area contributed by atoms with E-state index in [-0.39, 0.29) is 11.9 Å². The number of carbonyl (C=O) groups is 1. The third kappa shape index (κ3) is 3.53. The van der Waals surface area contributed by atoms with Crippen LogP contribution < -0.4 is 5.32 Å². The molecule has 2 rings (SSSR count). The highest BCUT2D eigenvalue weighted by Crippen LogP contribution is 2.22. The summed E-state index contributed by atoms with van der Waals surface area (Å²) in [6, 6.07) is 12.0. The van der Waals surface area contributed by atoms with E-state index >= 15 is 0 Å². The van der Waals surface area contributed by atoms with Gasteiger partial charge < -0.3 is 5.32 Å². The van der Waals surface area contributed by atoms with Crippen molar-refractivity contribution in [1.29, 1.82) is 0 Å². The Morgan fingerprint density at radius 1 is 1.14 bits per heavy atom. The van der Waals surface area contributed by atoms with Gasteiger partial charge in [-0.05, 0) is 56.5 Å². The number of hydrogen-bond acceptors (Lipinski definition) is 1. The molecule has 0 aliphatic heterocycles. The van der Waals surface area contributed by atoms with Crippen molar-refractivity contribution >= 4 is 21.8 Å². The van der Waals surface area contributed by atoms with Gasteiger partial charge in [-0.2, -0.15) is 0 Å². The largest absolute Gasteiger partial charge is 0.345 e. The Balaban J connectivity index is 2.21. The quantitative estimate of drug-likeness (QED) is 0.844. The molecule has 0 bridgehead atoms. The predicted octanol–water partition coefficient (Wildman–Crippen LogP) is 4.87. The van der Waals surface area contributed by atoms with Crippen LogP contribution in [-0.2, 0) is 0 Å². The molecule has 1 atom stereocenters. The molecule has 0 aliphatic carbocycles. The average molecular weight is 346 g/mol. The zero-order valence-corrected chi connectivity index (χ0v) is 14.4. The topological polar surface area (TPSA) is 29.1 Å². The summed E-state index contributed by atoms with van der Waals surface area (Å²) in [6.45, 7) is 8.11. The Labute approximate surface area is 134 Å². The van der Waals surface area contributed by atoms with Crippen LogP contribution in [0, 0.1) is 20.8 Å². The van der Waals surface area contributed by atoms with Crippen molar-refractivity contribution in [1.82, 2.24) is 5.32 Å². The maximum absolute atomic E-state index is 12.4. The Morgan fingerprint density at radius 3 is 2.52 bits per heavy atom. The van der Waals surface area contributed by atoms with E-state index < -0.39 is 0 Å². The van der Waals surface area contributed by atoms with E-state index in [1.54, 1.807) is 0 Å². The fourth-order valence-electron chi connectivity index (χ4n) is 2.52. The van der Waals surface area contributed by atoms with Crippen molar-refractivity contribution in [3.8, 4) is 0 Å². The summed E-state index contributed by atoms with van der Waals surface area (Å²) in [5, 5.41) is 3.08. The average Bonchev–Trinajstić information content (AvgIpc) is 2.41. The van der Waals surface area contributed by atoms with Crippen LogP contribution in [0.15, 0.2) is 40.9 Å². The summed E-state index contributed by atoms with van der Waals surface area (Å²) >= 11 is 3.47. The monoisotopic (exact) mass is 345 g/mol. The van der Waals surface area contributed by atoms with Crippen molar-refractivity contribution in [2.45, 2.75) is 33.7 Å². The molecule has 0 spiro atoms. The molecule has 1 N–H and O–H groups in total. The minimum Gasteiger partial charge on any atom is -0.345 e. The molecule has 2 aromatic carbocycles. The van der Waals surface area contributed by atoms with E-state index in [1.807, 2.05) is 32.0 Å². The summed E-state index contributed by atoms with van der Waals surface area (Å²) in [4.78, 5) is 12.4. The summed E-state index contributed by atoms with van der Waals surface area (Å²) in [5.41, 5.74) is 5.26. The fraction of sp³-hybridized carbons (Fsp3) is 0.278. The zero-order valence-electron chi connectivity index (χ0n) is 12.8. The first-order valence-corrected chi connectivity index (χ1v) is 7.82. The molecule has 0 aromatic heterocycles. The Kier molecular flexibility index (Phi) is 4.84. The first-order chi connectivity index (χ1) is 9.90. The highest BCUT2D eigenvalue weighted by Gasteiger charge is 2.15. The molecule has 0 radical (unpaired) electrons. The van der Waals surface area contributed by atoms with Gasteiger partial charge in [0.05, 0.1) is 6.04 Å². The molecule has 0 fully saturated rings. The molecule has 21 heavy (non-hydrogen) atoms. The van der Waals surface area contributed by atoms with Crippen molar-refractivity contribution < 1.29 is 4.79 Å². The molecule has 0 saturated carbocycles. The second-order valence-corrected chi connectivity index (χ2v) is 6.32. The van der Waals surface area contributed by atoms with Gasteiger partial charge in [0.25, 0.3) is 5.91 Å². The summed E-state index contributed by atoms with van der Waals surface area (Å²) in [6.07, 6.45) is 0. The SMILES string of the molecule is Cc1ccc(C(C)NC(=O)c2cccc(Br)c2C)c(C)c1. The van der Waals surface area contributed by atoms with Gasteiger partial charge in [0.15, 0.2) is 0 Å². The van der Waals surface area contributed by atoms with Crippen molar-refractivity contribution in [3.63, 3.8) is 0 Å². The van der Waals surface area contributed by atoms with Crippen LogP contribution in [0.2, 0.25) is 0 Å². The van der Waals surface area contributed by atoms with Crippen LogP contribution in [0.1, 0.15) is 45.6 Å². The van der Waals surface area contributed by atoms with Crippen molar-refractivity contribution in [2.24, 2.45) is 0 Å². The van der Waals surface area contributed by atoms with E-state index in [2.05, 4.69) is 53.3 Å². The van der Waals surface area contributed by atoms with Crippen LogP contribution in [0.5, 0.6) is 0 Å². The number of benzene rings is 2. The highest BCUT2D eigenvalue weighted by atomic mass is 79.9. The van der Waals surface area contributed by atoms with Gasteiger partial charge >= 0.3 is 0 Å². The van der Waals surface area contributed by atoms with Crippen molar-refractivity contribution in [3.05, 3.63) is 68.7 Å². The van der Waals surface area contributed by atoms with Gasteiger partial charge in [-0.15, -0.1) is 0 Å². The Hall–Kier alpha value is -1.61. The normalized spacial score (nSPS) is 12.0. The summed E-state index contributed by atoms with van der Waals surface area (Å²) in [5.74, 6) is -0.0405. The van der Waals surface area contributed by atoms with Crippen LogP contribution in [-0.4, -0.2) is 5.91 Å².